The molecule has 148 valence electrons. The second kappa shape index (κ2) is 9.14. The minimum absolute atomic E-state index is 0.159. The summed E-state index contributed by atoms with van der Waals surface area (Å²) >= 11 is 1.38. The highest BCUT2D eigenvalue weighted by Crippen LogP contribution is 2.22. The molecule has 1 aromatic heterocycles. The third kappa shape index (κ3) is 5.65. The van der Waals surface area contributed by atoms with E-state index in [1.54, 1.807) is 6.07 Å². The predicted molar refractivity (Wildman–Crippen MR) is 108 cm³/mol. The van der Waals surface area contributed by atoms with Crippen molar-refractivity contribution in [2.24, 2.45) is 0 Å². The summed E-state index contributed by atoms with van der Waals surface area (Å²) in [6, 6.07) is 6.19. The molecular formula is C19H22N4O4S. The van der Waals surface area contributed by atoms with Crippen molar-refractivity contribution in [3.63, 3.8) is 0 Å². The molecule has 1 aromatic carbocycles. The van der Waals surface area contributed by atoms with Crippen LogP contribution in [0.3, 0.4) is 0 Å². The Morgan fingerprint density at radius 3 is 1.86 bits per heavy atom. The number of anilines is 2. The Kier molecular flexibility index (Phi) is 6.89. The standard InChI is InChI=1S/C19H22N4O4S/c1-5-16-10(2)6-17(28-16)19(27)23-22-18(26)13-7-14(20-11(3)24)9-15(8-13)21-12(4)25/h6-9H,5H2,1-4H3,(H,20,24)(H,21,25)(H,22,26)(H,23,27). The highest BCUT2D eigenvalue weighted by atomic mass is 32.1. The third-order valence-electron chi connectivity index (χ3n) is 3.69. The molecule has 8 nitrogen and oxygen atoms in total. The number of hydrogen-bond acceptors (Lipinski definition) is 5. The first-order valence-electron chi connectivity index (χ1n) is 8.59. The summed E-state index contributed by atoms with van der Waals surface area (Å²) in [5.74, 6) is -1.64. The Morgan fingerprint density at radius 2 is 1.39 bits per heavy atom. The number of hydrogen-bond donors (Lipinski definition) is 4. The van der Waals surface area contributed by atoms with Gasteiger partial charge in [-0.1, -0.05) is 6.92 Å². The highest BCUT2D eigenvalue weighted by Gasteiger charge is 2.14. The molecule has 28 heavy (non-hydrogen) atoms. The molecular weight excluding hydrogens is 380 g/mol. The number of carbonyl (C=O) groups excluding carboxylic acids is 4. The SMILES string of the molecule is CCc1sc(C(=O)NNC(=O)c2cc(NC(C)=O)cc(NC(C)=O)c2)cc1C. The van der Waals surface area contributed by atoms with Crippen molar-refractivity contribution in [3.05, 3.63) is 45.1 Å². The van der Waals surface area contributed by atoms with Gasteiger partial charge in [0.05, 0.1) is 4.88 Å². The highest BCUT2D eigenvalue weighted by molar-refractivity contribution is 7.14. The zero-order valence-corrected chi connectivity index (χ0v) is 16.9. The largest absolute Gasteiger partial charge is 0.326 e. The first-order chi connectivity index (χ1) is 13.2. The Hall–Kier alpha value is -3.20. The van der Waals surface area contributed by atoms with Gasteiger partial charge in [0.1, 0.15) is 0 Å². The molecule has 0 bridgehead atoms. The number of benzene rings is 1. The molecule has 0 fully saturated rings. The van der Waals surface area contributed by atoms with Gasteiger partial charge in [0.2, 0.25) is 11.8 Å². The fourth-order valence-electron chi connectivity index (χ4n) is 2.54. The molecule has 0 saturated heterocycles. The van der Waals surface area contributed by atoms with E-state index in [2.05, 4.69) is 21.5 Å². The second-order valence-electron chi connectivity index (χ2n) is 6.14. The number of carbonyl (C=O) groups is 4. The van der Waals surface area contributed by atoms with Crippen LogP contribution in [0.4, 0.5) is 11.4 Å². The molecule has 9 heteroatoms. The number of nitrogens with one attached hydrogen (secondary N) is 4. The summed E-state index contributed by atoms with van der Waals surface area (Å²) in [5.41, 5.74) is 6.61. The fraction of sp³-hybridized carbons (Fsp3) is 0.263. The van der Waals surface area contributed by atoms with Crippen molar-refractivity contribution in [1.29, 1.82) is 0 Å². The first kappa shape index (κ1) is 21.1. The average Bonchev–Trinajstić information content (AvgIpc) is 2.98. The van der Waals surface area contributed by atoms with E-state index in [0.29, 0.717) is 16.3 Å². The lowest BCUT2D eigenvalue weighted by Crippen LogP contribution is -2.41. The lowest BCUT2D eigenvalue weighted by molar-refractivity contribution is -0.115. The smallest absolute Gasteiger partial charge is 0.279 e. The van der Waals surface area contributed by atoms with Crippen molar-refractivity contribution in [2.75, 3.05) is 10.6 Å². The van der Waals surface area contributed by atoms with Gasteiger partial charge in [-0.25, -0.2) is 0 Å². The molecule has 1 heterocycles. The number of aryl methyl sites for hydroxylation is 2. The molecule has 0 atom stereocenters. The monoisotopic (exact) mass is 402 g/mol. The number of thiophene rings is 1. The molecule has 0 aliphatic heterocycles. The van der Waals surface area contributed by atoms with E-state index in [9.17, 15) is 19.2 Å². The van der Waals surface area contributed by atoms with E-state index in [-0.39, 0.29) is 17.4 Å². The Balaban J connectivity index is 2.14. The maximum absolute atomic E-state index is 12.4. The maximum Gasteiger partial charge on any atom is 0.279 e. The second-order valence-corrected chi connectivity index (χ2v) is 7.28. The normalized spacial score (nSPS) is 10.1. The van der Waals surface area contributed by atoms with E-state index < -0.39 is 11.8 Å². The molecule has 0 saturated carbocycles. The van der Waals surface area contributed by atoms with Gasteiger partial charge in [-0.05, 0) is 43.2 Å². The van der Waals surface area contributed by atoms with Gasteiger partial charge in [-0.15, -0.1) is 11.3 Å². The van der Waals surface area contributed by atoms with Crippen molar-refractivity contribution in [1.82, 2.24) is 10.9 Å². The Bertz CT molecular complexity index is 902. The van der Waals surface area contributed by atoms with Gasteiger partial charge in [0.25, 0.3) is 11.8 Å². The minimum Gasteiger partial charge on any atom is -0.326 e. The molecule has 4 N–H and O–H groups in total. The third-order valence-corrected chi connectivity index (χ3v) is 5.07. The van der Waals surface area contributed by atoms with E-state index in [1.165, 1.54) is 43.4 Å². The van der Waals surface area contributed by atoms with E-state index in [0.717, 1.165) is 16.9 Å². The summed E-state index contributed by atoms with van der Waals surface area (Å²) < 4.78 is 0. The topological polar surface area (TPSA) is 116 Å². The van der Waals surface area contributed by atoms with E-state index in [4.69, 9.17) is 0 Å². The van der Waals surface area contributed by atoms with Crippen LogP contribution in [0.15, 0.2) is 24.3 Å². The van der Waals surface area contributed by atoms with Gasteiger partial charge >= 0.3 is 0 Å². The lowest BCUT2D eigenvalue weighted by Gasteiger charge is -2.11. The van der Waals surface area contributed by atoms with Gasteiger partial charge in [0.15, 0.2) is 0 Å². The van der Waals surface area contributed by atoms with Crippen LogP contribution in [0.25, 0.3) is 0 Å². The van der Waals surface area contributed by atoms with Crippen LogP contribution in [-0.4, -0.2) is 23.6 Å². The van der Waals surface area contributed by atoms with Gasteiger partial charge in [-0.3, -0.25) is 30.0 Å². The number of rotatable bonds is 5. The minimum atomic E-state index is -0.587. The van der Waals surface area contributed by atoms with Crippen molar-refractivity contribution in [3.8, 4) is 0 Å². The summed E-state index contributed by atoms with van der Waals surface area (Å²) in [4.78, 5) is 48.9. The lowest BCUT2D eigenvalue weighted by atomic mass is 10.1. The molecule has 2 aromatic rings. The van der Waals surface area contributed by atoms with Gasteiger partial charge in [-0.2, -0.15) is 0 Å². The Morgan fingerprint density at radius 1 is 0.857 bits per heavy atom. The van der Waals surface area contributed by atoms with Gasteiger partial charge < -0.3 is 10.6 Å². The van der Waals surface area contributed by atoms with Crippen molar-refractivity contribution < 1.29 is 19.2 Å². The van der Waals surface area contributed by atoms with E-state index in [1.807, 2.05) is 13.8 Å². The average molecular weight is 402 g/mol. The van der Waals surface area contributed by atoms with Crippen LogP contribution >= 0.6 is 11.3 Å². The van der Waals surface area contributed by atoms with Gasteiger partial charge in [0, 0.05) is 35.7 Å². The molecule has 0 spiro atoms. The van der Waals surface area contributed by atoms with Crippen LogP contribution < -0.4 is 21.5 Å². The molecule has 0 unspecified atom stereocenters. The quantitative estimate of drug-likeness (QED) is 0.575. The molecule has 2 rings (SSSR count). The zero-order valence-electron chi connectivity index (χ0n) is 16.1. The molecule has 0 radical (unpaired) electrons. The van der Waals surface area contributed by atoms with Crippen LogP contribution in [0.2, 0.25) is 0 Å². The van der Waals surface area contributed by atoms with Crippen LogP contribution in [0, 0.1) is 6.92 Å². The van der Waals surface area contributed by atoms with Crippen molar-refractivity contribution in [2.45, 2.75) is 34.1 Å². The molecule has 0 aliphatic carbocycles. The first-order valence-corrected chi connectivity index (χ1v) is 9.41. The van der Waals surface area contributed by atoms with Crippen molar-refractivity contribution >= 4 is 46.3 Å². The van der Waals surface area contributed by atoms with E-state index >= 15 is 0 Å². The Labute approximate surface area is 166 Å². The summed E-state index contributed by atoms with van der Waals surface area (Å²) in [5, 5.41) is 5.13. The molecule has 0 aliphatic rings. The van der Waals surface area contributed by atoms with Crippen LogP contribution in [0.5, 0.6) is 0 Å². The van der Waals surface area contributed by atoms with Crippen LogP contribution in [-0.2, 0) is 16.0 Å². The predicted octanol–water partition coefficient (Wildman–Crippen LogP) is 2.61. The fourth-order valence-corrected chi connectivity index (χ4v) is 3.55. The zero-order chi connectivity index (χ0) is 20.8. The summed E-state index contributed by atoms with van der Waals surface area (Å²) in [6.45, 7) is 6.61. The number of amides is 4. The molecule has 4 amide bonds. The summed E-state index contributed by atoms with van der Waals surface area (Å²) in [6.07, 6.45) is 0.831. The summed E-state index contributed by atoms with van der Waals surface area (Å²) in [7, 11) is 0. The maximum atomic E-state index is 12.4. The number of hydrazine groups is 1. The van der Waals surface area contributed by atoms with Crippen LogP contribution in [0.1, 0.15) is 51.2 Å².